The van der Waals surface area contributed by atoms with Gasteiger partial charge in [-0.3, -0.25) is 9.59 Å². The Bertz CT molecular complexity index is 1060. The summed E-state index contributed by atoms with van der Waals surface area (Å²) in [5.74, 6) is -0.435. The molecule has 1 atom stereocenters. The number of piperidine rings is 2. The van der Waals surface area contributed by atoms with Crippen LogP contribution in [-0.4, -0.2) is 61.7 Å². The number of nitrogens with zero attached hydrogens (tertiary/aromatic N) is 2. The van der Waals surface area contributed by atoms with Gasteiger partial charge in [0.1, 0.15) is 6.04 Å². The number of amides is 2. The average Bonchev–Trinajstić information content (AvgIpc) is 3.38. The number of benzene rings is 1. The van der Waals surface area contributed by atoms with Crippen LogP contribution < -0.4 is 5.32 Å². The highest BCUT2D eigenvalue weighted by Crippen LogP contribution is 2.28. The lowest BCUT2D eigenvalue weighted by Crippen LogP contribution is -2.55. The highest BCUT2D eigenvalue weighted by Gasteiger charge is 2.38. The maximum Gasteiger partial charge on any atom is 0.262 e. The second kappa shape index (κ2) is 10.5. The molecule has 1 N–H and O–H groups in total. The van der Waals surface area contributed by atoms with Gasteiger partial charge in [0.25, 0.3) is 5.91 Å². The van der Waals surface area contributed by atoms with Crippen molar-refractivity contribution in [3.63, 3.8) is 0 Å². The van der Waals surface area contributed by atoms with E-state index in [0.717, 1.165) is 19.3 Å². The smallest absolute Gasteiger partial charge is 0.262 e. The minimum Gasteiger partial charge on any atom is -0.341 e. The van der Waals surface area contributed by atoms with Crippen LogP contribution in [0, 0.1) is 5.92 Å². The van der Waals surface area contributed by atoms with E-state index in [0.29, 0.717) is 48.9 Å². The minimum atomic E-state index is -3.63. The van der Waals surface area contributed by atoms with E-state index in [1.54, 1.807) is 24.3 Å². The SMILES string of the molecule is O=C(NC(C(=O)N1CCCCC1)C1CCN(S(=O)(=O)c2ccc(Cl)cc2)CC1)c1cccs1. The summed E-state index contributed by atoms with van der Waals surface area (Å²) in [7, 11) is -3.63. The number of likely N-dealkylation sites (tertiary alicyclic amines) is 1. The summed E-state index contributed by atoms with van der Waals surface area (Å²) in [6.07, 6.45) is 4.05. The van der Waals surface area contributed by atoms with E-state index >= 15 is 0 Å². The van der Waals surface area contributed by atoms with Gasteiger partial charge in [-0.05, 0) is 73.7 Å². The quantitative estimate of drug-likeness (QED) is 0.644. The molecule has 2 aliphatic heterocycles. The standard InChI is InChI=1S/C23H28ClN3O4S2/c24-18-6-8-19(9-7-18)33(30,31)27-14-10-17(11-15-27)21(23(29)26-12-2-1-3-13-26)25-22(28)20-5-4-16-32-20/h4-9,16-17,21H,1-3,10-15H2,(H,25,28). The lowest BCUT2D eigenvalue weighted by molar-refractivity contribution is -0.135. The van der Waals surface area contributed by atoms with Crippen LogP contribution in [0.15, 0.2) is 46.7 Å². The average molecular weight is 510 g/mol. The van der Waals surface area contributed by atoms with Crippen molar-refractivity contribution in [3.8, 4) is 0 Å². The zero-order valence-corrected chi connectivity index (χ0v) is 20.7. The summed E-state index contributed by atoms with van der Waals surface area (Å²) in [5.41, 5.74) is 0. The number of carbonyl (C=O) groups is 2. The predicted molar refractivity (Wildman–Crippen MR) is 129 cm³/mol. The first-order valence-electron chi connectivity index (χ1n) is 11.2. The summed E-state index contributed by atoms with van der Waals surface area (Å²) in [6, 6.07) is 9.04. The van der Waals surface area contributed by atoms with Gasteiger partial charge in [-0.2, -0.15) is 4.31 Å². The molecule has 33 heavy (non-hydrogen) atoms. The molecule has 0 saturated carbocycles. The molecule has 1 aromatic carbocycles. The zero-order valence-electron chi connectivity index (χ0n) is 18.3. The van der Waals surface area contributed by atoms with Crippen molar-refractivity contribution in [2.24, 2.45) is 5.92 Å². The Morgan fingerprint density at radius 3 is 2.27 bits per heavy atom. The van der Waals surface area contributed by atoms with Gasteiger partial charge in [0.2, 0.25) is 15.9 Å². The van der Waals surface area contributed by atoms with Gasteiger partial charge in [0.15, 0.2) is 0 Å². The van der Waals surface area contributed by atoms with E-state index < -0.39 is 16.1 Å². The Morgan fingerprint density at radius 1 is 1.00 bits per heavy atom. The van der Waals surface area contributed by atoms with Crippen molar-refractivity contribution in [3.05, 3.63) is 51.7 Å². The molecular formula is C23H28ClN3O4S2. The monoisotopic (exact) mass is 509 g/mol. The molecule has 178 valence electrons. The summed E-state index contributed by atoms with van der Waals surface area (Å²) < 4.78 is 27.5. The highest BCUT2D eigenvalue weighted by molar-refractivity contribution is 7.89. The predicted octanol–water partition coefficient (Wildman–Crippen LogP) is 3.61. The molecule has 2 aromatic rings. The van der Waals surface area contributed by atoms with E-state index in [9.17, 15) is 18.0 Å². The molecule has 10 heteroatoms. The molecule has 7 nitrogen and oxygen atoms in total. The maximum atomic E-state index is 13.4. The van der Waals surface area contributed by atoms with Crippen LogP contribution >= 0.6 is 22.9 Å². The summed E-state index contributed by atoms with van der Waals surface area (Å²) in [5, 5.41) is 5.29. The van der Waals surface area contributed by atoms with Gasteiger partial charge in [-0.25, -0.2) is 8.42 Å². The van der Waals surface area contributed by atoms with Gasteiger partial charge in [-0.1, -0.05) is 17.7 Å². The van der Waals surface area contributed by atoms with E-state index in [-0.39, 0.29) is 22.6 Å². The largest absolute Gasteiger partial charge is 0.341 e. The fraction of sp³-hybridized carbons (Fsp3) is 0.478. The number of rotatable bonds is 6. The Kier molecular flexibility index (Phi) is 7.73. The molecular weight excluding hydrogens is 482 g/mol. The molecule has 0 radical (unpaired) electrons. The number of thiophene rings is 1. The van der Waals surface area contributed by atoms with E-state index in [2.05, 4.69) is 5.32 Å². The van der Waals surface area contributed by atoms with E-state index in [1.807, 2.05) is 10.3 Å². The first-order valence-corrected chi connectivity index (χ1v) is 13.9. The van der Waals surface area contributed by atoms with Gasteiger partial charge in [-0.15, -0.1) is 11.3 Å². The zero-order chi connectivity index (χ0) is 23.4. The second-order valence-electron chi connectivity index (χ2n) is 8.51. The third-order valence-corrected chi connectivity index (χ3v) is 9.42. The lowest BCUT2D eigenvalue weighted by Gasteiger charge is -2.38. The van der Waals surface area contributed by atoms with Gasteiger partial charge in [0, 0.05) is 31.2 Å². The van der Waals surface area contributed by atoms with Crippen molar-refractivity contribution in [2.45, 2.75) is 43.0 Å². The summed E-state index contributed by atoms with van der Waals surface area (Å²) in [4.78, 5) is 28.8. The number of halogens is 1. The third kappa shape index (κ3) is 5.59. The Hall–Kier alpha value is -1.94. The third-order valence-electron chi connectivity index (χ3n) is 6.39. The molecule has 0 aliphatic carbocycles. The van der Waals surface area contributed by atoms with Crippen molar-refractivity contribution >= 4 is 44.8 Å². The van der Waals surface area contributed by atoms with Crippen LogP contribution in [0.25, 0.3) is 0 Å². The van der Waals surface area contributed by atoms with Crippen LogP contribution in [-0.2, 0) is 14.8 Å². The Morgan fingerprint density at radius 2 is 1.67 bits per heavy atom. The van der Waals surface area contributed by atoms with Crippen molar-refractivity contribution < 1.29 is 18.0 Å². The van der Waals surface area contributed by atoms with Crippen LogP contribution in [0.4, 0.5) is 0 Å². The molecule has 4 rings (SSSR count). The molecule has 3 heterocycles. The molecule has 1 unspecified atom stereocenters. The molecule has 2 amide bonds. The van der Waals surface area contributed by atoms with Gasteiger partial charge >= 0.3 is 0 Å². The van der Waals surface area contributed by atoms with E-state index in [4.69, 9.17) is 11.6 Å². The molecule has 1 aromatic heterocycles. The topological polar surface area (TPSA) is 86.8 Å². The first-order chi connectivity index (χ1) is 15.9. The minimum absolute atomic E-state index is 0.0568. The molecule has 0 spiro atoms. The van der Waals surface area contributed by atoms with E-state index in [1.165, 1.54) is 27.8 Å². The maximum absolute atomic E-state index is 13.4. The summed E-state index contributed by atoms with van der Waals surface area (Å²) >= 11 is 7.23. The Labute approximate surface area is 203 Å². The highest BCUT2D eigenvalue weighted by atomic mass is 35.5. The van der Waals surface area contributed by atoms with Crippen molar-refractivity contribution in [1.82, 2.24) is 14.5 Å². The second-order valence-corrected chi connectivity index (χ2v) is 11.8. The number of hydrogen-bond acceptors (Lipinski definition) is 5. The van der Waals surface area contributed by atoms with Crippen LogP contribution in [0.5, 0.6) is 0 Å². The van der Waals surface area contributed by atoms with Crippen LogP contribution in [0.2, 0.25) is 5.02 Å². The first kappa shape index (κ1) is 24.2. The van der Waals surface area contributed by atoms with Gasteiger partial charge in [0.05, 0.1) is 9.77 Å². The normalized spacial score (nSPS) is 19.2. The number of hydrogen-bond donors (Lipinski definition) is 1. The van der Waals surface area contributed by atoms with Crippen LogP contribution in [0.1, 0.15) is 41.8 Å². The van der Waals surface area contributed by atoms with Crippen LogP contribution in [0.3, 0.4) is 0 Å². The lowest BCUT2D eigenvalue weighted by atomic mass is 9.88. The fourth-order valence-electron chi connectivity index (χ4n) is 4.52. The van der Waals surface area contributed by atoms with Gasteiger partial charge < -0.3 is 10.2 Å². The van der Waals surface area contributed by atoms with Crippen molar-refractivity contribution in [2.75, 3.05) is 26.2 Å². The Balaban J connectivity index is 1.47. The molecule has 0 bridgehead atoms. The molecule has 2 aliphatic rings. The van der Waals surface area contributed by atoms with Crippen molar-refractivity contribution in [1.29, 1.82) is 0 Å². The number of sulfonamides is 1. The molecule has 2 fully saturated rings. The summed E-state index contributed by atoms with van der Waals surface area (Å²) in [6.45, 7) is 2.00. The number of carbonyl (C=O) groups excluding carboxylic acids is 2. The fourth-order valence-corrected chi connectivity index (χ4v) is 6.74. The molecule has 2 saturated heterocycles. The number of nitrogens with one attached hydrogen (secondary N) is 1.